The molecular formula is C7H11N3O. The summed E-state index contributed by atoms with van der Waals surface area (Å²) in [4.78, 5) is 16.5. The maximum Gasteiger partial charge on any atom is 0.242 e. The number of amides is 1. The fourth-order valence-electron chi connectivity index (χ4n) is 0.678. The van der Waals surface area contributed by atoms with Gasteiger partial charge in [0.15, 0.2) is 0 Å². The summed E-state index contributed by atoms with van der Waals surface area (Å²) < 4.78 is 1.74. The van der Waals surface area contributed by atoms with Gasteiger partial charge in [0, 0.05) is 26.5 Å². The van der Waals surface area contributed by atoms with Gasteiger partial charge in [0.2, 0.25) is 5.91 Å². The summed E-state index contributed by atoms with van der Waals surface area (Å²) in [6.45, 7) is 0.368. The topological polar surface area (TPSA) is 38.1 Å². The SMILES string of the molecule is CN(C)C(=O)Cn1ccnc1. The van der Waals surface area contributed by atoms with E-state index in [4.69, 9.17) is 0 Å². The molecule has 0 N–H and O–H groups in total. The van der Waals surface area contributed by atoms with E-state index in [2.05, 4.69) is 4.98 Å². The van der Waals surface area contributed by atoms with Crippen LogP contribution in [0.3, 0.4) is 0 Å². The highest BCUT2D eigenvalue weighted by atomic mass is 16.2. The highest BCUT2D eigenvalue weighted by molar-refractivity contribution is 5.75. The molecule has 1 aromatic rings. The van der Waals surface area contributed by atoms with Gasteiger partial charge in [-0.05, 0) is 0 Å². The second-order valence-corrected chi connectivity index (χ2v) is 2.52. The Hall–Kier alpha value is -1.32. The van der Waals surface area contributed by atoms with Crippen molar-refractivity contribution in [2.45, 2.75) is 6.54 Å². The molecule has 4 nitrogen and oxygen atoms in total. The summed E-state index contributed by atoms with van der Waals surface area (Å²) >= 11 is 0. The van der Waals surface area contributed by atoms with E-state index in [1.165, 1.54) is 0 Å². The first-order valence-electron chi connectivity index (χ1n) is 3.36. The number of nitrogens with zero attached hydrogens (tertiary/aromatic N) is 3. The summed E-state index contributed by atoms with van der Waals surface area (Å²) in [6, 6.07) is 0. The first-order valence-corrected chi connectivity index (χ1v) is 3.36. The van der Waals surface area contributed by atoms with Gasteiger partial charge in [0.05, 0.1) is 6.33 Å². The molecule has 0 saturated heterocycles. The van der Waals surface area contributed by atoms with Crippen molar-refractivity contribution in [3.8, 4) is 0 Å². The number of aromatic nitrogens is 2. The van der Waals surface area contributed by atoms with E-state index >= 15 is 0 Å². The van der Waals surface area contributed by atoms with Crippen LogP contribution in [0.4, 0.5) is 0 Å². The largest absolute Gasteiger partial charge is 0.347 e. The molecule has 0 spiro atoms. The van der Waals surface area contributed by atoms with Gasteiger partial charge in [-0.1, -0.05) is 0 Å². The Morgan fingerprint density at radius 2 is 2.36 bits per heavy atom. The molecule has 0 atom stereocenters. The Morgan fingerprint density at radius 1 is 1.64 bits per heavy atom. The van der Waals surface area contributed by atoms with Crippen LogP contribution in [0.1, 0.15) is 0 Å². The van der Waals surface area contributed by atoms with Gasteiger partial charge >= 0.3 is 0 Å². The van der Waals surface area contributed by atoms with Crippen LogP contribution >= 0.6 is 0 Å². The maximum absolute atomic E-state index is 11.1. The molecule has 0 aromatic carbocycles. The first kappa shape index (κ1) is 7.78. The summed E-state index contributed by atoms with van der Waals surface area (Å²) in [7, 11) is 3.47. The fourth-order valence-corrected chi connectivity index (χ4v) is 0.678. The van der Waals surface area contributed by atoms with Gasteiger partial charge in [-0.2, -0.15) is 0 Å². The van der Waals surface area contributed by atoms with E-state index in [1.54, 1.807) is 42.3 Å². The number of hydrogen-bond acceptors (Lipinski definition) is 2. The van der Waals surface area contributed by atoms with E-state index in [0.717, 1.165) is 0 Å². The molecule has 0 unspecified atom stereocenters. The Morgan fingerprint density at radius 3 is 2.82 bits per heavy atom. The van der Waals surface area contributed by atoms with Crippen molar-refractivity contribution in [1.82, 2.24) is 14.5 Å². The Kier molecular flexibility index (Phi) is 2.25. The third kappa shape index (κ3) is 2.07. The van der Waals surface area contributed by atoms with Crippen molar-refractivity contribution in [1.29, 1.82) is 0 Å². The number of hydrogen-bond donors (Lipinski definition) is 0. The lowest BCUT2D eigenvalue weighted by Gasteiger charge is -2.09. The molecule has 0 saturated carbocycles. The molecule has 4 heteroatoms. The van der Waals surface area contributed by atoms with Crippen LogP contribution in [0.5, 0.6) is 0 Å². The smallest absolute Gasteiger partial charge is 0.242 e. The molecule has 0 bridgehead atoms. The van der Waals surface area contributed by atoms with Crippen LogP contribution < -0.4 is 0 Å². The highest BCUT2D eigenvalue weighted by Crippen LogP contribution is 1.88. The molecule has 1 heterocycles. The number of rotatable bonds is 2. The molecule has 0 radical (unpaired) electrons. The average Bonchev–Trinajstić information content (AvgIpc) is 2.39. The van der Waals surface area contributed by atoms with Crippen molar-refractivity contribution in [2.24, 2.45) is 0 Å². The van der Waals surface area contributed by atoms with Gasteiger partial charge in [-0.3, -0.25) is 4.79 Å². The lowest BCUT2D eigenvalue weighted by molar-refractivity contribution is -0.129. The number of imidazole rings is 1. The molecule has 0 aliphatic heterocycles. The normalized spacial score (nSPS) is 9.64. The van der Waals surface area contributed by atoms with Crippen LogP contribution in [0.25, 0.3) is 0 Å². The lowest BCUT2D eigenvalue weighted by atomic mass is 10.5. The summed E-state index contributed by atoms with van der Waals surface area (Å²) in [5.41, 5.74) is 0. The van der Waals surface area contributed by atoms with Crippen molar-refractivity contribution >= 4 is 5.91 Å². The first-order chi connectivity index (χ1) is 5.20. The molecule has 1 amide bonds. The summed E-state index contributed by atoms with van der Waals surface area (Å²) in [5.74, 6) is 0.0722. The predicted octanol–water partition coefficient (Wildman–Crippen LogP) is -0.0287. The standard InChI is InChI=1S/C7H11N3O/c1-9(2)7(11)5-10-4-3-8-6-10/h3-4,6H,5H2,1-2H3. The zero-order chi connectivity index (χ0) is 8.27. The third-order valence-corrected chi connectivity index (χ3v) is 1.38. The number of carbonyl (C=O) groups is 1. The zero-order valence-electron chi connectivity index (χ0n) is 6.69. The Labute approximate surface area is 65.5 Å². The molecule has 1 rings (SSSR count). The van der Waals surface area contributed by atoms with Gasteiger partial charge in [0.1, 0.15) is 6.54 Å². The average molecular weight is 153 g/mol. The van der Waals surface area contributed by atoms with E-state index in [1.807, 2.05) is 0 Å². The summed E-state index contributed by atoms with van der Waals surface area (Å²) in [6.07, 6.45) is 5.05. The molecule has 0 aliphatic carbocycles. The van der Waals surface area contributed by atoms with E-state index in [-0.39, 0.29) is 5.91 Å². The van der Waals surface area contributed by atoms with Crippen molar-refractivity contribution < 1.29 is 4.79 Å². The van der Waals surface area contributed by atoms with Crippen LogP contribution in [-0.2, 0) is 11.3 Å². The second-order valence-electron chi connectivity index (χ2n) is 2.52. The van der Waals surface area contributed by atoms with E-state index in [9.17, 15) is 4.79 Å². The van der Waals surface area contributed by atoms with E-state index in [0.29, 0.717) is 6.54 Å². The third-order valence-electron chi connectivity index (χ3n) is 1.38. The summed E-state index contributed by atoms with van der Waals surface area (Å²) in [5, 5.41) is 0. The maximum atomic E-state index is 11.1. The number of carbonyl (C=O) groups excluding carboxylic acids is 1. The van der Waals surface area contributed by atoms with Crippen molar-refractivity contribution in [2.75, 3.05) is 14.1 Å². The molecular weight excluding hydrogens is 142 g/mol. The van der Waals surface area contributed by atoms with Crippen LogP contribution in [0.2, 0.25) is 0 Å². The Balaban J connectivity index is 2.50. The molecule has 11 heavy (non-hydrogen) atoms. The van der Waals surface area contributed by atoms with Crippen molar-refractivity contribution in [3.05, 3.63) is 18.7 Å². The molecule has 1 aromatic heterocycles. The van der Waals surface area contributed by atoms with Gasteiger partial charge < -0.3 is 9.47 Å². The quantitative estimate of drug-likeness (QED) is 0.598. The highest BCUT2D eigenvalue weighted by Gasteiger charge is 2.02. The van der Waals surface area contributed by atoms with Crippen LogP contribution in [0, 0.1) is 0 Å². The van der Waals surface area contributed by atoms with Crippen LogP contribution in [0.15, 0.2) is 18.7 Å². The zero-order valence-corrected chi connectivity index (χ0v) is 6.69. The van der Waals surface area contributed by atoms with Crippen molar-refractivity contribution in [3.63, 3.8) is 0 Å². The second kappa shape index (κ2) is 3.18. The van der Waals surface area contributed by atoms with Crippen LogP contribution in [-0.4, -0.2) is 34.5 Å². The van der Waals surface area contributed by atoms with Gasteiger partial charge in [0.25, 0.3) is 0 Å². The fraction of sp³-hybridized carbons (Fsp3) is 0.429. The predicted molar refractivity (Wildman–Crippen MR) is 40.9 cm³/mol. The molecule has 60 valence electrons. The van der Waals surface area contributed by atoms with Gasteiger partial charge in [-0.25, -0.2) is 4.98 Å². The number of likely N-dealkylation sites (N-methyl/N-ethyl adjacent to an activating group) is 1. The lowest BCUT2D eigenvalue weighted by Crippen LogP contribution is -2.25. The minimum atomic E-state index is 0.0722. The Bertz CT molecular complexity index is 228. The van der Waals surface area contributed by atoms with Gasteiger partial charge in [-0.15, -0.1) is 0 Å². The molecule has 0 aliphatic rings. The molecule has 0 fully saturated rings. The van der Waals surface area contributed by atoms with E-state index < -0.39 is 0 Å². The monoisotopic (exact) mass is 153 g/mol. The minimum Gasteiger partial charge on any atom is -0.347 e. The minimum absolute atomic E-state index is 0.0722.